The molecule has 2 rings (SSSR count). The van der Waals surface area contributed by atoms with E-state index in [-0.39, 0.29) is 0 Å². The van der Waals surface area contributed by atoms with Crippen LogP contribution in [-0.2, 0) is 0 Å². The number of likely N-dealkylation sites (N-methyl/N-ethyl adjacent to an activating group) is 1. The van der Waals surface area contributed by atoms with Crippen LogP contribution in [0.15, 0.2) is 18.3 Å². The average Bonchev–Trinajstić information content (AvgIpc) is 2.75. The van der Waals surface area contributed by atoms with Gasteiger partial charge in [-0.2, -0.15) is 0 Å². The number of hydrogen-bond donors (Lipinski definition) is 1. The summed E-state index contributed by atoms with van der Waals surface area (Å²) in [5.74, 6) is 1.17. The monoisotopic (exact) mass is 219 g/mol. The quantitative estimate of drug-likeness (QED) is 0.839. The molecule has 0 amide bonds. The molecule has 1 saturated heterocycles. The van der Waals surface area contributed by atoms with E-state index in [1.165, 1.54) is 24.2 Å². The van der Waals surface area contributed by atoms with Crippen molar-refractivity contribution in [1.29, 1.82) is 0 Å². The van der Waals surface area contributed by atoms with E-state index in [2.05, 4.69) is 35.1 Å². The van der Waals surface area contributed by atoms with Gasteiger partial charge in [-0.05, 0) is 37.9 Å². The SMILES string of the molecule is CCNCC1CCCN1c1ncccc1C. The Bertz CT molecular complexity index is 338. The lowest BCUT2D eigenvalue weighted by atomic mass is 10.2. The molecule has 1 aliphatic rings. The van der Waals surface area contributed by atoms with Crippen LogP contribution < -0.4 is 10.2 Å². The van der Waals surface area contributed by atoms with Gasteiger partial charge in [0.15, 0.2) is 0 Å². The fourth-order valence-corrected chi connectivity index (χ4v) is 2.42. The molecule has 1 atom stereocenters. The third-order valence-corrected chi connectivity index (χ3v) is 3.26. The molecule has 0 radical (unpaired) electrons. The number of hydrogen-bond acceptors (Lipinski definition) is 3. The van der Waals surface area contributed by atoms with Gasteiger partial charge in [-0.1, -0.05) is 13.0 Å². The third kappa shape index (κ3) is 2.35. The van der Waals surface area contributed by atoms with Crippen molar-refractivity contribution in [3.05, 3.63) is 23.9 Å². The average molecular weight is 219 g/mol. The Kier molecular flexibility index (Phi) is 3.78. The minimum Gasteiger partial charge on any atom is -0.352 e. The van der Waals surface area contributed by atoms with Crippen molar-refractivity contribution in [3.63, 3.8) is 0 Å². The molecule has 0 spiro atoms. The molecule has 1 aromatic rings. The molecule has 1 fully saturated rings. The zero-order chi connectivity index (χ0) is 11.4. The van der Waals surface area contributed by atoms with Crippen LogP contribution in [0.3, 0.4) is 0 Å². The molecule has 2 heterocycles. The Morgan fingerprint density at radius 3 is 3.19 bits per heavy atom. The number of aromatic nitrogens is 1. The molecule has 3 nitrogen and oxygen atoms in total. The normalized spacial score (nSPS) is 20.4. The second-order valence-corrected chi connectivity index (χ2v) is 4.44. The van der Waals surface area contributed by atoms with Crippen molar-refractivity contribution in [2.24, 2.45) is 0 Å². The third-order valence-electron chi connectivity index (χ3n) is 3.26. The predicted octanol–water partition coefficient (Wildman–Crippen LogP) is 1.97. The van der Waals surface area contributed by atoms with E-state index >= 15 is 0 Å². The van der Waals surface area contributed by atoms with Gasteiger partial charge >= 0.3 is 0 Å². The number of aryl methyl sites for hydroxylation is 1. The van der Waals surface area contributed by atoms with Crippen molar-refractivity contribution >= 4 is 5.82 Å². The number of nitrogens with one attached hydrogen (secondary N) is 1. The first-order valence-electron chi connectivity index (χ1n) is 6.22. The molecular formula is C13H21N3. The summed E-state index contributed by atoms with van der Waals surface area (Å²) < 4.78 is 0. The molecule has 0 aliphatic carbocycles. The van der Waals surface area contributed by atoms with E-state index < -0.39 is 0 Å². The standard InChI is InChI=1S/C13H21N3/c1-3-14-10-12-7-5-9-16(12)13-11(2)6-4-8-15-13/h4,6,8,12,14H,3,5,7,9-10H2,1-2H3. The molecule has 1 N–H and O–H groups in total. The Hall–Kier alpha value is -1.09. The Morgan fingerprint density at radius 2 is 2.44 bits per heavy atom. The number of nitrogens with zero attached hydrogens (tertiary/aromatic N) is 2. The zero-order valence-electron chi connectivity index (χ0n) is 10.2. The summed E-state index contributed by atoms with van der Waals surface area (Å²) >= 11 is 0. The molecule has 1 aliphatic heterocycles. The summed E-state index contributed by atoms with van der Waals surface area (Å²) in [6.45, 7) is 7.57. The van der Waals surface area contributed by atoms with Crippen molar-refractivity contribution in [1.82, 2.24) is 10.3 Å². The van der Waals surface area contributed by atoms with Crippen LogP contribution in [0.5, 0.6) is 0 Å². The van der Waals surface area contributed by atoms with E-state index in [4.69, 9.17) is 0 Å². The van der Waals surface area contributed by atoms with Gasteiger partial charge < -0.3 is 10.2 Å². The maximum atomic E-state index is 4.52. The van der Waals surface area contributed by atoms with Gasteiger partial charge in [0.1, 0.15) is 5.82 Å². The van der Waals surface area contributed by atoms with E-state index in [1.807, 2.05) is 12.3 Å². The molecular weight excluding hydrogens is 198 g/mol. The lowest BCUT2D eigenvalue weighted by Gasteiger charge is -2.27. The van der Waals surface area contributed by atoms with Crippen LogP contribution >= 0.6 is 0 Å². The summed E-state index contributed by atoms with van der Waals surface area (Å²) in [4.78, 5) is 6.97. The van der Waals surface area contributed by atoms with Gasteiger partial charge in [-0.25, -0.2) is 4.98 Å². The fraction of sp³-hybridized carbons (Fsp3) is 0.615. The van der Waals surface area contributed by atoms with Crippen molar-refractivity contribution < 1.29 is 0 Å². The second-order valence-electron chi connectivity index (χ2n) is 4.44. The van der Waals surface area contributed by atoms with Gasteiger partial charge in [0.05, 0.1) is 0 Å². The van der Waals surface area contributed by atoms with Gasteiger partial charge in [-0.3, -0.25) is 0 Å². The maximum absolute atomic E-state index is 4.52. The highest BCUT2D eigenvalue weighted by molar-refractivity contribution is 5.47. The Morgan fingerprint density at radius 1 is 1.56 bits per heavy atom. The van der Waals surface area contributed by atoms with Crippen molar-refractivity contribution in [2.45, 2.75) is 32.7 Å². The van der Waals surface area contributed by atoms with E-state index in [0.717, 1.165) is 19.6 Å². The van der Waals surface area contributed by atoms with Crippen LogP contribution in [0, 0.1) is 6.92 Å². The van der Waals surface area contributed by atoms with Crippen LogP contribution in [-0.4, -0.2) is 30.7 Å². The van der Waals surface area contributed by atoms with Crippen LogP contribution in [0.2, 0.25) is 0 Å². The summed E-state index contributed by atoms with van der Waals surface area (Å²) in [5.41, 5.74) is 1.28. The minimum absolute atomic E-state index is 0.619. The number of pyridine rings is 1. The minimum atomic E-state index is 0.619. The largest absolute Gasteiger partial charge is 0.352 e. The summed E-state index contributed by atoms with van der Waals surface area (Å²) in [6.07, 6.45) is 4.46. The van der Waals surface area contributed by atoms with Crippen molar-refractivity contribution in [2.75, 3.05) is 24.5 Å². The van der Waals surface area contributed by atoms with E-state index in [9.17, 15) is 0 Å². The number of rotatable bonds is 4. The van der Waals surface area contributed by atoms with Crippen molar-refractivity contribution in [3.8, 4) is 0 Å². The van der Waals surface area contributed by atoms with Gasteiger partial charge in [-0.15, -0.1) is 0 Å². The molecule has 0 aromatic carbocycles. The predicted molar refractivity (Wildman–Crippen MR) is 67.9 cm³/mol. The van der Waals surface area contributed by atoms with E-state index in [0.29, 0.717) is 6.04 Å². The summed E-state index contributed by atoms with van der Waals surface area (Å²) in [6, 6.07) is 4.77. The first-order valence-corrected chi connectivity index (χ1v) is 6.22. The molecule has 3 heteroatoms. The van der Waals surface area contributed by atoms with Gasteiger partial charge in [0.2, 0.25) is 0 Å². The highest BCUT2D eigenvalue weighted by atomic mass is 15.2. The molecule has 16 heavy (non-hydrogen) atoms. The van der Waals surface area contributed by atoms with Gasteiger partial charge in [0.25, 0.3) is 0 Å². The topological polar surface area (TPSA) is 28.2 Å². The summed E-state index contributed by atoms with van der Waals surface area (Å²) in [7, 11) is 0. The lowest BCUT2D eigenvalue weighted by molar-refractivity contribution is 0.584. The molecule has 1 aromatic heterocycles. The fourth-order valence-electron chi connectivity index (χ4n) is 2.42. The molecule has 0 saturated carbocycles. The first-order chi connectivity index (χ1) is 7.83. The van der Waals surface area contributed by atoms with Crippen LogP contribution in [0.1, 0.15) is 25.3 Å². The molecule has 1 unspecified atom stereocenters. The first kappa shape index (κ1) is 11.4. The zero-order valence-corrected chi connectivity index (χ0v) is 10.2. The number of anilines is 1. The van der Waals surface area contributed by atoms with Gasteiger partial charge in [0, 0.05) is 25.3 Å². The smallest absolute Gasteiger partial charge is 0.131 e. The highest BCUT2D eigenvalue weighted by Crippen LogP contribution is 2.25. The summed E-state index contributed by atoms with van der Waals surface area (Å²) in [5, 5.41) is 3.44. The maximum Gasteiger partial charge on any atom is 0.131 e. The molecule has 88 valence electrons. The highest BCUT2D eigenvalue weighted by Gasteiger charge is 2.25. The van der Waals surface area contributed by atoms with E-state index in [1.54, 1.807) is 0 Å². The second kappa shape index (κ2) is 5.30. The Labute approximate surface area is 97.9 Å². The Balaban J connectivity index is 2.10. The van der Waals surface area contributed by atoms with Crippen LogP contribution in [0.25, 0.3) is 0 Å². The lowest BCUT2D eigenvalue weighted by Crippen LogP contribution is -2.38. The van der Waals surface area contributed by atoms with Crippen LogP contribution in [0.4, 0.5) is 5.82 Å². The molecule has 0 bridgehead atoms.